The Bertz CT molecular complexity index is 420. The molecule has 0 spiro atoms. The second-order valence-electron chi connectivity index (χ2n) is 4.52. The Morgan fingerprint density at radius 3 is 2.71 bits per heavy atom. The fraction of sp³-hybridized carbons (Fsp3) is 0.462. The molecule has 1 aliphatic heterocycles. The second kappa shape index (κ2) is 4.85. The van der Waals surface area contributed by atoms with Crippen LogP contribution in [0, 0.1) is 6.92 Å². The first-order valence-electron chi connectivity index (χ1n) is 5.83. The van der Waals surface area contributed by atoms with E-state index in [0.717, 1.165) is 5.56 Å². The molecule has 1 aromatic carbocycles. The summed E-state index contributed by atoms with van der Waals surface area (Å²) in [6.07, 6.45) is -0.479. The highest BCUT2D eigenvalue weighted by Crippen LogP contribution is 2.14. The third-order valence-corrected chi connectivity index (χ3v) is 3.34. The van der Waals surface area contributed by atoms with Gasteiger partial charge >= 0.3 is 0 Å². The summed E-state index contributed by atoms with van der Waals surface area (Å²) in [5.41, 5.74) is 1.67. The van der Waals surface area contributed by atoms with Gasteiger partial charge in [-0.3, -0.25) is 4.79 Å². The van der Waals surface area contributed by atoms with Gasteiger partial charge < -0.3 is 15.3 Å². The zero-order chi connectivity index (χ0) is 12.4. The number of nitrogens with one attached hydrogen (secondary N) is 1. The lowest BCUT2D eigenvalue weighted by Gasteiger charge is -2.27. The molecule has 0 bridgehead atoms. The number of likely N-dealkylation sites (N-methyl/N-ethyl adjacent to an activating group) is 1. The van der Waals surface area contributed by atoms with Gasteiger partial charge in [-0.2, -0.15) is 0 Å². The van der Waals surface area contributed by atoms with Crippen molar-refractivity contribution in [3.8, 4) is 0 Å². The van der Waals surface area contributed by atoms with E-state index >= 15 is 0 Å². The summed E-state index contributed by atoms with van der Waals surface area (Å²) in [7, 11) is 1.75. The molecule has 0 radical (unpaired) electrons. The number of nitrogens with zero attached hydrogens (tertiary/aromatic N) is 1. The zero-order valence-electron chi connectivity index (χ0n) is 10.2. The lowest BCUT2D eigenvalue weighted by Crippen LogP contribution is -2.44. The maximum Gasteiger partial charge on any atom is 0.254 e. The van der Waals surface area contributed by atoms with Crippen LogP contribution in [0.3, 0.4) is 0 Å². The Balaban J connectivity index is 2.17. The monoisotopic (exact) mass is 234 g/mol. The Labute approximate surface area is 101 Å². The van der Waals surface area contributed by atoms with Crippen LogP contribution >= 0.6 is 0 Å². The maximum atomic E-state index is 12.3. The highest BCUT2D eigenvalue weighted by Gasteiger charge is 2.31. The summed E-state index contributed by atoms with van der Waals surface area (Å²) in [6.45, 7) is 3.12. The molecule has 2 N–H and O–H groups in total. The Kier molecular flexibility index (Phi) is 3.45. The van der Waals surface area contributed by atoms with E-state index in [1.165, 1.54) is 0 Å². The number of hydrogen-bond donors (Lipinski definition) is 2. The average Bonchev–Trinajstić information content (AvgIpc) is 2.74. The third kappa shape index (κ3) is 2.33. The van der Waals surface area contributed by atoms with Gasteiger partial charge in [-0.1, -0.05) is 18.2 Å². The predicted molar refractivity (Wildman–Crippen MR) is 65.9 cm³/mol. The van der Waals surface area contributed by atoms with Crippen molar-refractivity contribution in [2.24, 2.45) is 0 Å². The summed E-state index contributed by atoms with van der Waals surface area (Å²) in [6, 6.07) is 7.38. The minimum absolute atomic E-state index is 0.0316. The smallest absolute Gasteiger partial charge is 0.254 e. The number of carbonyl (C=O) groups excluding carboxylic acids is 1. The molecule has 4 nitrogen and oxygen atoms in total. The van der Waals surface area contributed by atoms with Crippen molar-refractivity contribution in [3.05, 3.63) is 35.4 Å². The van der Waals surface area contributed by atoms with Gasteiger partial charge in [-0.25, -0.2) is 0 Å². The van der Waals surface area contributed by atoms with Crippen molar-refractivity contribution in [1.29, 1.82) is 0 Å². The number of aliphatic hydroxyl groups excluding tert-OH is 1. The van der Waals surface area contributed by atoms with Crippen LogP contribution in [0.1, 0.15) is 15.9 Å². The van der Waals surface area contributed by atoms with E-state index in [-0.39, 0.29) is 11.9 Å². The molecule has 1 amide bonds. The van der Waals surface area contributed by atoms with Crippen molar-refractivity contribution in [3.63, 3.8) is 0 Å². The minimum atomic E-state index is -0.479. The topological polar surface area (TPSA) is 52.6 Å². The number of rotatable bonds is 2. The van der Waals surface area contributed by atoms with Crippen LogP contribution < -0.4 is 5.32 Å². The van der Waals surface area contributed by atoms with E-state index < -0.39 is 6.10 Å². The number of β-amino-alcohol motifs (C(OH)–C–C–N with tert-alkyl or cyclic N) is 1. The normalized spacial score (nSPS) is 23.7. The molecule has 1 aromatic rings. The number of aryl methyl sites for hydroxylation is 1. The van der Waals surface area contributed by atoms with Gasteiger partial charge in [0, 0.05) is 25.7 Å². The van der Waals surface area contributed by atoms with Gasteiger partial charge in [0.2, 0.25) is 0 Å². The lowest BCUT2D eigenvalue weighted by molar-refractivity contribution is 0.0580. The molecule has 0 aromatic heterocycles. The van der Waals surface area contributed by atoms with E-state index in [4.69, 9.17) is 0 Å². The molecule has 2 rings (SSSR count). The average molecular weight is 234 g/mol. The number of aliphatic hydroxyl groups is 1. The van der Waals surface area contributed by atoms with E-state index in [1.54, 1.807) is 11.9 Å². The first-order valence-corrected chi connectivity index (χ1v) is 5.83. The molecule has 0 saturated carbocycles. The van der Waals surface area contributed by atoms with Crippen molar-refractivity contribution in [1.82, 2.24) is 10.2 Å². The summed E-state index contributed by atoms with van der Waals surface area (Å²) >= 11 is 0. The third-order valence-electron chi connectivity index (χ3n) is 3.34. The molecule has 2 atom stereocenters. The van der Waals surface area contributed by atoms with Crippen LogP contribution in [0.4, 0.5) is 0 Å². The molecular formula is C13H18N2O2. The van der Waals surface area contributed by atoms with Gasteiger partial charge in [0.25, 0.3) is 5.91 Å². The molecule has 0 unspecified atom stereocenters. The first-order chi connectivity index (χ1) is 8.11. The number of hydrogen-bond acceptors (Lipinski definition) is 3. The summed E-state index contributed by atoms with van der Waals surface area (Å²) < 4.78 is 0. The van der Waals surface area contributed by atoms with Crippen molar-refractivity contribution in [2.75, 3.05) is 20.1 Å². The van der Waals surface area contributed by atoms with Crippen LogP contribution in [0.2, 0.25) is 0 Å². The number of benzene rings is 1. The molecular weight excluding hydrogens is 216 g/mol. The number of amides is 1. The van der Waals surface area contributed by atoms with Gasteiger partial charge in [-0.15, -0.1) is 0 Å². The summed E-state index contributed by atoms with van der Waals surface area (Å²) in [5.74, 6) is -0.0316. The van der Waals surface area contributed by atoms with E-state index in [1.807, 2.05) is 31.2 Å². The standard InChI is InChI=1S/C13H18N2O2/c1-9-5-3-4-6-10(9)13(17)15(2)11-7-14-8-12(11)16/h3-6,11-12,14,16H,7-8H2,1-2H3/t11-,12-/m1/s1. The fourth-order valence-corrected chi connectivity index (χ4v) is 2.20. The SMILES string of the molecule is Cc1ccccc1C(=O)N(C)[C@@H]1CNC[C@H]1O. The molecule has 1 aliphatic rings. The second-order valence-corrected chi connectivity index (χ2v) is 4.52. The molecule has 1 saturated heterocycles. The Morgan fingerprint density at radius 1 is 1.41 bits per heavy atom. The van der Waals surface area contributed by atoms with E-state index in [2.05, 4.69) is 5.32 Å². The van der Waals surface area contributed by atoms with Crippen molar-refractivity contribution < 1.29 is 9.90 Å². The van der Waals surface area contributed by atoms with E-state index in [0.29, 0.717) is 18.7 Å². The Morgan fingerprint density at radius 2 is 2.12 bits per heavy atom. The maximum absolute atomic E-state index is 12.3. The van der Waals surface area contributed by atoms with Gasteiger partial charge in [0.05, 0.1) is 12.1 Å². The van der Waals surface area contributed by atoms with Crippen LogP contribution in [0.25, 0.3) is 0 Å². The molecule has 4 heteroatoms. The highest BCUT2D eigenvalue weighted by molar-refractivity contribution is 5.95. The quantitative estimate of drug-likeness (QED) is 0.779. The molecule has 1 fully saturated rings. The highest BCUT2D eigenvalue weighted by atomic mass is 16.3. The minimum Gasteiger partial charge on any atom is -0.390 e. The summed E-state index contributed by atoms with van der Waals surface area (Å²) in [5, 5.41) is 12.8. The summed E-state index contributed by atoms with van der Waals surface area (Å²) in [4.78, 5) is 13.9. The van der Waals surface area contributed by atoms with Gasteiger partial charge in [0.15, 0.2) is 0 Å². The largest absolute Gasteiger partial charge is 0.390 e. The Hall–Kier alpha value is -1.39. The van der Waals surface area contributed by atoms with E-state index in [9.17, 15) is 9.90 Å². The molecule has 1 heterocycles. The van der Waals surface area contributed by atoms with Crippen LogP contribution in [-0.2, 0) is 0 Å². The first kappa shape index (κ1) is 12.1. The van der Waals surface area contributed by atoms with Crippen LogP contribution in [-0.4, -0.2) is 48.2 Å². The lowest BCUT2D eigenvalue weighted by atomic mass is 10.1. The molecule has 17 heavy (non-hydrogen) atoms. The molecule has 92 valence electrons. The number of carbonyl (C=O) groups is 1. The van der Waals surface area contributed by atoms with Crippen LogP contribution in [0.15, 0.2) is 24.3 Å². The van der Waals surface area contributed by atoms with Gasteiger partial charge in [0.1, 0.15) is 0 Å². The molecule has 0 aliphatic carbocycles. The van der Waals surface area contributed by atoms with Crippen molar-refractivity contribution in [2.45, 2.75) is 19.1 Å². The predicted octanol–water partition coefficient (Wildman–Crippen LogP) is 0.400. The van der Waals surface area contributed by atoms with Crippen molar-refractivity contribution >= 4 is 5.91 Å². The fourth-order valence-electron chi connectivity index (χ4n) is 2.20. The van der Waals surface area contributed by atoms with Gasteiger partial charge in [-0.05, 0) is 18.6 Å². The zero-order valence-corrected chi connectivity index (χ0v) is 10.2. The van der Waals surface area contributed by atoms with Crippen LogP contribution in [0.5, 0.6) is 0 Å².